The Bertz CT molecular complexity index is 130. The van der Waals surface area contributed by atoms with Crippen LogP contribution in [0, 0.1) is 0 Å². The van der Waals surface area contributed by atoms with Crippen LogP contribution in [0.5, 0.6) is 0 Å². The van der Waals surface area contributed by atoms with E-state index in [1.165, 1.54) is 0 Å². The fraction of sp³-hybridized carbons (Fsp3) is 1.00. The molecule has 0 radical (unpaired) electrons. The van der Waals surface area contributed by atoms with Crippen LogP contribution in [0.4, 0.5) is 0 Å². The second-order valence-electron chi connectivity index (χ2n) is 3.32. The molecule has 2 fully saturated rings. The molecule has 64 valence electrons. The summed E-state index contributed by atoms with van der Waals surface area (Å²) in [6, 6.07) is 0. The van der Waals surface area contributed by atoms with E-state index in [0.717, 1.165) is 19.4 Å². The average Bonchev–Trinajstić information content (AvgIpc) is 2.45. The van der Waals surface area contributed by atoms with E-state index in [-0.39, 0.29) is 11.9 Å². The van der Waals surface area contributed by atoms with Gasteiger partial charge in [0.05, 0.1) is 13.2 Å². The molecule has 1 spiro atoms. The minimum absolute atomic E-state index is 0.0511. The van der Waals surface area contributed by atoms with Gasteiger partial charge in [-0.05, 0) is 19.8 Å². The van der Waals surface area contributed by atoms with Crippen molar-refractivity contribution in [3.05, 3.63) is 0 Å². The Morgan fingerprint density at radius 2 is 2.00 bits per heavy atom. The molecule has 0 amide bonds. The van der Waals surface area contributed by atoms with Crippen molar-refractivity contribution in [3.63, 3.8) is 0 Å². The number of hydrogen-bond acceptors (Lipinski definition) is 3. The summed E-state index contributed by atoms with van der Waals surface area (Å²) in [5.41, 5.74) is -0.0908. The van der Waals surface area contributed by atoms with Gasteiger partial charge in [0, 0.05) is 6.61 Å². The highest BCUT2D eigenvalue weighted by Gasteiger charge is 2.39. The van der Waals surface area contributed by atoms with Crippen molar-refractivity contribution >= 4 is 0 Å². The van der Waals surface area contributed by atoms with Gasteiger partial charge in [-0.3, -0.25) is 0 Å². The fourth-order valence-corrected chi connectivity index (χ4v) is 1.61. The van der Waals surface area contributed by atoms with E-state index in [4.69, 9.17) is 14.2 Å². The first-order chi connectivity index (χ1) is 5.31. The van der Waals surface area contributed by atoms with Crippen LogP contribution in [0.15, 0.2) is 0 Å². The summed E-state index contributed by atoms with van der Waals surface area (Å²) in [6.45, 7) is 4.19. The molecule has 0 atom stereocenters. The summed E-state index contributed by atoms with van der Waals surface area (Å²) in [5, 5.41) is 0. The summed E-state index contributed by atoms with van der Waals surface area (Å²) < 4.78 is 16.3. The summed E-state index contributed by atoms with van der Waals surface area (Å²) in [5.74, 6) is 0. The zero-order valence-corrected chi connectivity index (χ0v) is 6.84. The third kappa shape index (κ3) is 1.41. The Kier molecular flexibility index (Phi) is 1.87. The van der Waals surface area contributed by atoms with Gasteiger partial charge in [-0.2, -0.15) is 0 Å². The van der Waals surface area contributed by atoms with Crippen LogP contribution in [0.1, 0.15) is 19.8 Å². The predicted octanol–water partition coefficient (Wildman–Crippen LogP) is 0.928. The molecule has 0 aliphatic carbocycles. The van der Waals surface area contributed by atoms with E-state index < -0.39 is 0 Å². The minimum Gasteiger partial charge on any atom is -0.370 e. The Balaban J connectivity index is 1.94. The van der Waals surface area contributed by atoms with Gasteiger partial charge in [-0.1, -0.05) is 0 Å². The summed E-state index contributed by atoms with van der Waals surface area (Å²) in [6.07, 6.45) is 2.17. The second kappa shape index (κ2) is 2.73. The summed E-state index contributed by atoms with van der Waals surface area (Å²) in [7, 11) is 0. The lowest BCUT2D eigenvalue weighted by molar-refractivity contribution is -0.246. The molecule has 11 heavy (non-hydrogen) atoms. The van der Waals surface area contributed by atoms with Crippen LogP contribution in [0.2, 0.25) is 0 Å². The number of rotatable bonds is 0. The minimum atomic E-state index is -0.0908. The van der Waals surface area contributed by atoms with Crippen LogP contribution < -0.4 is 0 Å². The van der Waals surface area contributed by atoms with E-state index in [2.05, 4.69) is 0 Å². The van der Waals surface area contributed by atoms with Crippen LogP contribution >= 0.6 is 0 Å². The largest absolute Gasteiger partial charge is 0.370 e. The van der Waals surface area contributed by atoms with Crippen molar-refractivity contribution in [2.45, 2.75) is 31.7 Å². The molecule has 0 aromatic rings. The molecule has 2 heterocycles. The van der Waals surface area contributed by atoms with Gasteiger partial charge in [-0.25, -0.2) is 0 Å². The van der Waals surface area contributed by atoms with Crippen molar-refractivity contribution in [2.24, 2.45) is 0 Å². The highest BCUT2D eigenvalue weighted by atomic mass is 16.7. The Hall–Kier alpha value is -0.120. The lowest BCUT2D eigenvalue weighted by Gasteiger charge is -2.35. The maximum absolute atomic E-state index is 5.58. The Morgan fingerprint density at radius 3 is 2.55 bits per heavy atom. The van der Waals surface area contributed by atoms with Gasteiger partial charge in [0.1, 0.15) is 5.60 Å². The third-order valence-corrected chi connectivity index (χ3v) is 2.35. The van der Waals surface area contributed by atoms with Crippen molar-refractivity contribution in [3.8, 4) is 0 Å². The third-order valence-electron chi connectivity index (χ3n) is 2.35. The average molecular weight is 158 g/mol. The van der Waals surface area contributed by atoms with Crippen LogP contribution in [-0.2, 0) is 14.2 Å². The topological polar surface area (TPSA) is 27.7 Å². The highest BCUT2D eigenvalue weighted by Crippen LogP contribution is 2.29. The molecule has 2 saturated heterocycles. The second-order valence-corrected chi connectivity index (χ2v) is 3.32. The van der Waals surface area contributed by atoms with Crippen molar-refractivity contribution in [2.75, 3.05) is 19.8 Å². The fourth-order valence-electron chi connectivity index (χ4n) is 1.61. The first kappa shape index (κ1) is 7.53. The normalized spacial score (nSPS) is 45.0. The molecule has 2 aliphatic rings. The quantitative estimate of drug-likeness (QED) is 0.525. The van der Waals surface area contributed by atoms with E-state index in [1.54, 1.807) is 0 Å². The molecule has 2 aliphatic heterocycles. The van der Waals surface area contributed by atoms with Gasteiger partial charge in [0.25, 0.3) is 0 Å². The number of ether oxygens (including phenoxy) is 3. The zero-order valence-electron chi connectivity index (χ0n) is 6.84. The summed E-state index contributed by atoms with van der Waals surface area (Å²) >= 11 is 0. The van der Waals surface area contributed by atoms with Crippen molar-refractivity contribution in [1.29, 1.82) is 0 Å². The molecule has 0 aromatic carbocycles. The van der Waals surface area contributed by atoms with Crippen molar-refractivity contribution < 1.29 is 14.2 Å². The molecule has 0 saturated carbocycles. The van der Waals surface area contributed by atoms with Gasteiger partial charge >= 0.3 is 0 Å². The lowest BCUT2D eigenvalue weighted by atomic mass is 10.0. The van der Waals surface area contributed by atoms with Crippen molar-refractivity contribution in [1.82, 2.24) is 0 Å². The van der Waals surface area contributed by atoms with E-state index in [9.17, 15) is 0 Å². The molecular formula is C8H14O3. The zero-order chi connectivity index (χ0) is 7.73. The summed E-state index contributed by atoms with van der Waals surface area (Å²) in [4.78, 5) is 0. The lowest BCUT2D eigenvalue weighted by Crippen LogP contribution is -2.46. The smallest absolute Gasteiger partial charge is 0.155 e. The van der Waals surface area contributed by atoms with Crippen LogP contribution in [-0.4, -0.2) is 31.7 Å². The standard InChI is InChI=1S/C8H14O3/c1-7-9-5-8(6-10-7)3-2-4-11-8/h7H,2-6H2,1H3. The molecule has 2 rings (SSSR count). The van der Waals surface area contributed by atoms with Crippen LogP contribution in [0.25, 0.3) is 0 Å². The molecule has 3 nitrogen and oxygen atoms in total. The van der Waals surface area contributed by atoms with Gasteiger partial charge in [-0.15, -0.1) is 0 Å². The SMILES string of the molecule is CC1OCC2(CCCO2)CO1. The molecule has 0 unspecified atom stereocenters. The molecule has 0 bridgehead atoms. The van der Waals surface area contributed by atoms with Gasteiger partial charge in [0.2, 0.25) is 0 Å². The maximum Gasteiger partial charge on any atom is 0.155 e. The van der Waals surface area contributed by atoms with E-state index in [0.29, 0.717) is 13.2 Å². The van der Waals surface area contributed by atoms with E-state index >= 15 is 0 Å². The first-order valence-electron chi connectivity index (χ1n) is 4.18. The molecule has 0 aromatic heterocycles. The van der Waals surface area contributed by atoms with Crippen LogP contribution in [0.3, 0.4) is 0 Å². The molecule has 0 N–H and O–H groups in total. The van der Waals surface area contributed by atoms with Gasteiger partial charge < -0.3 is 14.2 Å². The molecule has 3 heteroatoms. The molecular weight excluding hydrogens is 144 g/mol. The Labute approximate surface area is 66.6 Å². The maximum atomic E-state index is 5.58. The van der Waals surface area contributed by atoms with E-state index in [1.807, 2.05) is 6.92 Å². The predicted molar refractivity (Wildman–Crippen MR) is 39.3 cm³/mol. The Morgan fingerprint density at radius 1 is 1.27 bits per heavy atom. The first-order valence-corrected chi connectivity index (χ1v) is 4.18. The van der Waals surface area contributed by atoms with Gasteiger partial charge in [0.15, 0.2) is 6.29 Å². The monoisotopic (exact) mass is 158 g/mol. The highest BCUT2D eigenvalue weighted by molar-refractivity contribution is 4.86. The number of hydrogen-bond donors (Lipinski definition) is 0.